The summed E-state index contributed by atoms with van der Waals surface area (Å²) in [5.74, 6) is 0.501. The van der Waals surface area contributed by atoms with Crippen molar-refractivity contribution in [3.63, 3.8) is 0 Å². The second kappa shape index (κ2) is 6.64. The zero-order chi connectivity index (χ0) is 14.7. The molecule has 20 heavy (non-hydrogen) atoms. The molecule has 0 aromatic heterocycles. The zero-order valence-corrected chi connectivity index (χ0v) is 13.3. The lowest BCUT2D eigenvalue weighted by Crippen LogP contribution is -2.12. The van der Waals surface area contributed by atoms with Crippen molar-refractivity contribution in [2.45, 2.75) is 6.61 Å². The largest absolute Gasteiger partial charge is 0.488 e. The van der Waals surface area contributed by atoms with Gasteiger partial charge in [-0.25, -0.2) is 0 Å². The van der Waals surface area contributed by atoms with Crippen molar-refractivity contribution >= 4 is 52.0 Å². The third-order valence-electron chi connectivity index (χ3n) is 2.66. The van der Waals surface area contributed by atoms with Crippen molar-refractivity contribution in [1.82, 2.24) is 0 Å². The minimum Gasteiger partial charge on any atom is -0.488 e. The zero-order valence-electron chi connectivity index (χ0n) is 10.2. The number of ether oxygens (including phenoxy) is 1. The van der Waals surface area contributed by atoms with Gasteiger partial charge in [0.05, 0.1) is 10.6 Å². The molecule has 0 aliphatic rings. The summed E-state index contributed by atoms with van der Waals surface area (Å²) in [5, 5.41) is 1.52. The van der Waals surface area contributed by atoms with E-state index in [1.165, 1.54) is 0 Å². The molecule has 0 saturated carbocycles. The molecule has 0 atom stereocenters. The summed E-state index contributed by atoms with van der Waals surface area (Å²) in [7, 11) is 0. The Hall–Kier alpha value is -1.00. The predicted molar refractivity (Wildman–Crippen MR) is 88.1 cm³/mol. The van der Waals surface area contributed by atoms with Crippen LogP contribution < -0.4 is 10.5 Å². The number of halogens is 3. The molecule has 2 N–H and O–H groups in total. The van der Waals surface area contributed by atoms with Crippen LogP contribution in [-0.2, 0) is 6.61 Å². The van der Waals surface area contributed by atoms with Crippen molar-refractivity contribution in [3.8, 4) is 5.75 Å². The second-order valence-electron chi connectivity index (χ2n) is 3.97. The van der Waals surface area contributed by atoms with Gasteiger partial charge in [-0.05, 0) is 24.3 Å². The van der Waals surface area contributed by atoms with Crippen LogP contribution in [0.15, 0.2) is 36.4 Å². The molecule has 0 heterocycles. The van der Waals surface area contributed by atoms with E-state index in [0.717, 1.165) is 0 Å². The Morgan fingerprint density at radius 2 is 1.55 bits per heavy atom. The number of thiocarbonyl (C=S) groups is 1. The van der Waals surface area contributed by atoms with E-state index >= 15 is 0 Å². The average Bonchev–Trinajstić information content (AvgIpc) is 2.37. The fraction of sp³-hybridized carbons (Fsp3) is 0.0714. The summed E-state index contributed by atoms with van der Waals surface area (Å²) in [5.41, 5.74) is 6.86. The van der Waals surface area contributed by atoms with Crippen LogP contribution in [0.5, 0.6) is 5.75 Å². The van der Waals surface area contributed by atoms with Gasteiger partial charge in [-0.3, -0.25) is 0 Å². The maximum absolute atomic E-state index is 6.09. The quantitative estimate of drug-likeness (QED) is 0.803. The summed E-state index contributed by atoms with van der Waals surface area (Å²) in [6.07, 6.45) is 0. The van der Waals surface area contributed by atoms with Gasteiger partial charge in [0, 0.05) is 15.6 Å². The van der Waals surface area contributed by atoms with Crippen LogP contribution >= 0.6 is 47.0 Å². The van der Waals surface area contributed by atoms with E-state index in [0.29, 0.717) is 31.9 Å². The van der Waals surface area contributed by atoms with Crippen molar-refractivity contribution in [1.29, 1.82) is 0 Å². The van der Waals surface area contributed by atoms with E-state index in [2.05, 4.69) is 0 Å². The van der Waals surface area contributed by atoms with Gasteiger partial charge in [-0.1, -0.05) is 59.2 Å². The van der Waals surface area contributed by atoms with Crippen LogP contribution in [0.25, 0.3) is 0 Å². The van der Waals surface area contributed by atoms with Gasteiger partial charge < -0.3 is 10.5 Å². The van der Waals surface area contributed by atoms with Crippen LogP contribution in [0, 0.1) is 0 Å². The molecular weight excluding hydrogens is 337 g/mol. The summed E-state index contributed by atoms with van der Waals surface area (Å²) < 4.78 is 5.71. The van der Waals surface area contributed by atoms with Gasteiger partial charge in [-0.15, -0.1) is 0 Å². The smallest absolute Gasteiger partial charge is 0.131 e. The number of nitrogens with two attached hydrogens (primary N) is 1. The first-order chi connectivity index (χ1) is 9.50. The molecule has 0 aliphatic heterocycles. The third kappa shape index (κ3) is 3.36. The normalized spacial score (nSPS) is 10.3. The van der Waals surface area contributed by atoms with Crippen molar-refractivity contribution < 1.29 is 4.74 Å². The van der Waals surface area contributed by atoms with Crippen LogP contribution in [0.2, 0.25) is 15.1 Å². The molecule has 0 spiro atoms. The lowest BCUT2D eigenvalue weighted by molar-refractivity contribution is 0.306. The Kier molecular flexibility index (Phi) is 5.11. The highest BCUT2D eigenvalue weighted by atomic mass is 35.5. The average molecular weight is 347 g/mol. The molecular formula is C14H10Cl3NOS. The molecule has 0 radical (unpaired) electrons. The molecule has 0 unspecified atom stereocenters. The first-order valence-corrected chi connectivity index (χ1v) is 7.19. The SMILES string of the molecule is NC(=S)c1c(Cl)cccc1OCc1c(Cl)cccc1Cl. The van der Waals surface area contributed by atoms with E-state index in [-0.39, 0.29) is 11.6 Å². The summed E-state index contributed by atoms with van der Waals surface area (Å²) in [6.45, 7) is 0.203. The summed E-state index contributed by atoms with van der Waals surface area (Å²) in [4.78, 5) is 0.177. The highest BCUT2D eigenvalue weighted by Gasteiger charge is 2.12. The van der Waals surface area contributed by atoms with Gasteiger partial charge in [0.15, 0.2) is 0 Å². The Balaban J connectivity index is 2.28. The lowest BCUT2D eigenvalue weighted by atomic mass is 10.2. The first-order valence-electron chi connectivity index (χ1n) is 5.64. The van der Waals surface area contributed by atoms with Gasteiger partial charge >= 0.3 is 0 Å². The number of hydrogen-bond donors (Lipinski definition) is 1. The van der Waals surface area contributed by atoms with Crippen LogP contribution in [0.3, 0.4) is 0 Å². The Morgan fingerprint density at radius 3 is 2.15 bits per heavy atom. The summed E-state index contributed by atoms with van der Waals surface area (Å²) >= 11 is 23.2. The predicted octanol–water partition coefficient (Wildman–Crippen LogP) is 4.86. The number of benzene rings is 2. The van der Waals surface area contributed by atoms with Crippen LogP contribution in [-0.4, -0.2) is 4.99 Å². The number of hydrogen-bond acceptors (Lipinski definition) is 2. The maximum atomic E-state index is 6.09. The highest BCUT2D eigenvalue weighted by molar-refractivity contribution is 7.80. The first kappa shape index (κ1) is 15.4. The summed E-state index contributed by atoms with van der Waals surface area (Å²) in [6, 6.07) is 10.5. The molecule has 2 rings (SSSR count). The minimum absolute atomic E-state index is 0.177. The molecule has 2 aromatic rings. The van der Waals surface area contributed by atoms with E-state index in [1.54, 1.807) is 36.4 Å². The second-order valence-corrected chi connectivity index (χ2v) is 5.63. The van der Waals surface area contributed by atoms with Gasteiger partial charge in [0.2, 0.25) is 0 Å². The fourth-order valence-corrected chi connectivity index (χ4v) is 2.72. The molecule has 104 valence electrons. The maximum Gasteiger partial charge on any atom is 0.131 e. The van der Waals surface area contributed by atoms with Crippen molar-refractivity contribution in [2.75, 3.05) is 0 Å². The highest BCUT2D eigenvalue weighted by Crippen LogP contribution is 2.29. The monoisotopic (exact) mass is 345 g/mol. The molecule has 0 saturated heterocycles. The molecule has 0 fully saturated rings. The van der Waals surface area contributed by atoms with Gasteiger partial charge in [-0.2, -0.15) is 0 Å². The van der Waals surface area contributed by atoms with E-state index in [4.69, 9.17) is 57.5 Å². The molecule has 0 aliphatic carbocycles. The third-order valence-corrected chi connectivity index (χ3v) is 3.88. The fourth-order valence-electron chi connectivity index (χ4n) is 1.68. The van der Waals surface area contributed by atoms with Crippen molar-refractivity contribution in [2.24, 2.45) is 5.73 Å². The van der Waals surface area contributed by atoms with E-state index in [1.807, 2.05) is 0 Å². The minimum atomic E-state index is 0.177. The lowest BCUT2D eigenvalue weighted by Gasteiger charge is -2.13. The van der Waals surface area contributed by atoms with E-state index < -0.39 is 0 Å². The number of rotatable bonds is 4. The molecule has 2 nitrogen and oxygen atoms in total. The standard InChI is InChI=1S/C14H10Cl3NOS/c15-9-3-1-4-10(16)8(9)7-19-12-6-2-5-11(17)13(12)14(18)20/h1-6H,7H2,(H2,18,20). The topological polar surface area (TPSA) is 35.2 Å². The Bertz CT molecular complexity index is 641. The Labute approximate surface area is 137 Å². The molecule has 0 bridgehead atoms. The van der Waals surface area contributed by atoms with Crippen LogP contribution in [0.4, 0.5) is 0 Å². The molecule has 2 aromatic carbocycles. The van der Waals surface area contributed by atoms with Gasteiger partial charge in [0.1, 0.15) is 17.3 Å². The van der Waals surface area contributed by atoms with E-state index in [9.17, 15) is 0 Å². The van der Waals surface area contributed by atoms with Gasteiger partial charge in [0.25, 0.3) is 0 Å². The Morgan fingerprint density at radius 1 is 1.00 bits per heavy atom. The van der Waals surface area contributed by atoms with Crippen molar-refractivity contribution in [3.05, 3.63) is 62.6 Å². The molecule has 6 heteroatoms. The van der Waals surface area contributed by atoms with Crippen LogP contribution in [0.1, 0.15) is 11.1 Å². The molecule has 0 amide bonds.